The maximum absolute atomic E-state index is 8.49. The number of methoxy groups -OCH3 is 1. The highest BCUT2D eigenvalue weighted by Gasteiger charge is 2.22. The van der Waals surface area contributed by atoms with Gasteiger partial charge in [0.25, 0.3) is 0 Å². The molecule has 0 N–H and O–H groups in total. The lowest BCUT2D eigenvalue weighted by Gasteiger charge is -2.17. The first-order chi connectivity index (χ1) is 15.2. The van der Waals surface area contributed by atoms with Crippen molar-refractivity contribution in [3.8, 4) is 5.75 Å². The molecule has 0 saturated carbocycles. The summed E-state index contributed by atoms with van der Waals surface area (Å²) in [4.78, 5) is 0. The lowest BCUT2D eigenvalue weighted by Crippen LogP contribution is -2.68. The SMILES string of the molecule is COc1ccc(C=Cc2cc3c(ccc4ccccc43)[o+]c2C(C)C)cc1.[O-][Cl+3]([O-])([O-])[O-]. The maximum Gasteiger partial charge on any atom is 0.360 e. The number of hydrogen-bond donors (Lipinski definition) is 0. The molecule has 1 aromatic heterocycles. The number of hydrogen-bond acceptors (Lipinski definition) is 5. The normalized spacial score (nSPS) is 11.8. The molecule has 3 aromatic carbocycles. The molecular weight excluding hydrogens is 432 g/mol. The second-order valence-electron chi connectivity index (χ2n) is 7.40. The first-order valence-electron chi connectivity index (χ1n) is 9.88. The van der Waals surface area contributed by atoms with Crippen molar-refractivity contribution < 1.29 is 38.0 Å². The average molecular weight is 455 g/mol. The molecule has 0 aliphatic carbocycles. The van der Waals surface area contributed by atoms with Gasteiger partial charge in [0.1, 0.15) is 5.75 Å². The van der Waals surface area contributed by atoms with Gasteiger partial charge < -0.3 is 4.74 Å². The monoisotopic (exact) mass is 454 g/mol. The fourth-order valence-corrected chi connectivity index (χ4v) is 3.40. The Morgan fingerprint density at radius 2 is 1.50 bits per heavy atom. The molecule has 0 atom stereocenters. The Morgan fingerprint density at radius 1 is 0.844 bits per heavy atom. The molecule has 166 valence electrons. The topological polar surface area (TPSA) is 113 Å². The van der Waals surface area contributed by atoms with Crippen molar-refractivity contribution >= 4 is 33.9 Å². The van der Waals surface area contributed by atoms with Gasteiger partial charge in [-0.05, 0) is 46.7 Å². The van der Waals surface area contributed by atoms with Crippen LogP contribution in [0.3, 0.4) is 0 Å². The van der Waals surface area contributed by atoms with E-state index in [2.05, 4.69) is 80.6 Å². The predicted octanol–water partition coefficient (Wildman–Crippen LogP) is 2.41. The van der Waals surface area contributed by atoms with Crippen molar-refractivity contribution in [2.75, 3.05) is 7.11 Å². The van der Waals surface area contributed by atoms with Crippen LogP contribution in [0.15, 0.2) is 71.1 Å². The van der Waals surface area contributed by atoms with Crippen LogP contribution < -0.4 is 23.4 Å². The van der Waals surface area contributed by atoms with Crippen molar-refractivity contribution in [2.24, 2.45) is 0 Å². The fraction of sp³-hybridized carbons (Fsp3) is 0.160. The van der Waals surface area contributed by atoms with Crippen molar-refractivity contribution in [1.29, 1.82) is 0 Å². The molecule has 0 bridgehead atoms. The van der Waals surface area contributed by atoms with E-state index in [1.807, 2.05) is 12.1 Å². The predicted molar refractivity (Wildman–Crippen MR) is 114 cm³/mol. The molecule has 4 aromatic rings. The van der Waals surface area contributed by atoms with E-state index in [-0.39, 0.29) is 0 Å². The van der Waals surface area contributed by atoms with Crippen LogP contribution in [0.5, 0.6) is 5.75 Å². The Hall–Kier alpha value is -3.00. The second-order valence-corrected chi connectivity index (χ2v) is 8.16. The molecule has 0 aliphatic heterocycles. The number of rotatable bonds is 4. The minimum absolute atomic E-state index is 0.302. The van der Waals surface area contributed by atoms with Gasteiger partial charge in [-0.3, -0.25) is 0 Å². The van der Waals surface area contributed by atoms with Crippen molar-refractivity contribution in [1.82, 2.24) is 0 Å². The van der Waals surface area contributed by atoms with Crippen LogP contribution in [-0.2, 0) is 0 Å². The lowest BCUT2D eigenvalue weighted by molar-refractivity contribution is -2.00. The highest BCUT2D eigenvalue weighted by molar-refractivity contribution is 6.06. The second kappa shape index (κ2) is 10.1. The molecule has 0 unspecified atom stereocenters. The molecule has 7 heteroatoms. The molecule has 0 saturated heterocycles. The number of ether oxygens (including phenoxy) is 1. The molecule has 0 aliphatic rings. The minimum Gasteiger partial charge on any atom is -0.497 e. The first-order valence-corrected chi connectivity index (χ1v) is 11.1. The molecule has 0 spiro atoms. The van der Waals surface area contributed by atoms with Crippen LogP contribution in [0, 0.1) is 10.2 Å². The van der Waals surface area contributed by atoms with E-state index >= 15 is 0 Å². The average Bonchev–Trinajstić information content (AvgIpc) is 2.76. The third-order valence-corrected chi connectivity index (χ3v) is 4.83. The molecular formula is C25H23ClO6. The van der Waals surface area contributed by atoms with Gasteiger partial charge >= 0.3 is 11.3 Å². The highest BCUT2D eigenvalue weighted by Crippen LogP contribution is 2.32. The third-order valence-electron chi connectivity index (χ3n) is 4.83. The summed E-state index contributed by atoms with van der Waals surface area (Å²) in [5.41, 5.74) is 3.17. The quantitative estimate of drug-likeness (QED) is 0.345. The van der Waals surface area contributed by atoms with Gasteiger partial charge in [0.15, 0.2) is 0 Å². The number of benzene rings is 3. The van der Waals surface area contributed by atoms with E-state index in [9.17, 15) is 0 Å². The van der Waals surface area contributed by atoms with Crippen molar-refractivity contribution in [2.45, 2.75) is 19.8 Å². The molecule has 0 fully saturated rings. The third kappa shape index (κ3) is 6.26. The summed E-state index contributed by atoms with van der Waals surface area (Å²) in [6, 6.07) is 22.9. The van der Waals surface area contributed by atoms with Gasteiger partial charge in [-0.2, -0.15) is 0 Å². The van der Waals surface area contributed by atoms with E-state index in [1.54, 1.807) is 7.11 Å². The zero-order valence-corrected chi connectivity index (χ0v) is 18.7. The summed E-state index contributed by atoms with van der Waals surface area (Å²) in [5.74, 6) is 2.17. The molecule has 0 amide bonds. The van der Waals surface area contributed by atoms with Crippen LogP contribution in [0.4, 0.5) is 0 Å². The molecule has 32 heavy (non-hydrogen) atoms. The minimum atomic E-state index is -4.94. The smallest absolute Gasteiger partial charge is 0.360 e. The Labute approximate surface area is 188 Å². The van der Waals surface area contributed by atoms with Crippen LogP contribution in [-0.4, -0.2) is 7.11 Å². The maximum atomic E-state index is 8.49. The lowest BCUT2D eigenvalue weighted by atomic mass is 9.99. The van der Waals surface area contributed by atoms with Crippen molar-refractivity contribution in [3.63, 3.8) is 0 Å². The Balaban J connectivity index is 0.000000523. The van der Waals surface area contributed by atoms with Crippen LogP contribution in [0.1, 0.15) is 36.7 Å². The Morgan fingerprint density at radius 3 is 2.12 bits per heavy atom. The van der Waals surface area contributed by atoms with Crippen molar-refractivity contribution in [3.05, 3.63) is 83.6 Å². The largest absolute Gasteiger partial charge is 0.497 e. The van der Waals surface area contributed by atoms with Gasteiger partial charge in [0, 0.05) is 6.07 Å². The fourth-order valence-electron chi connectivity index (χ4n) is 3.40. The number of fused-ring (bicyclic) bond motifs is 3. The van der Waals surface area contributed by atoms with Gasteiger partial charge in [0.2, 0.25) is 0 Å². The summed E-state index contributed by atoms with van der Waals surface area (Å²) < 4.78 is 45.5. The zero-order chi connectivity index (χ0) is 23.3. The summed E-state index contributed by atoms with van der Waals surface area (Å²) in [5, 5.41) is 3.59. The van der Waals surface area contributed by atoms with Crippen LogP contribution >= 0.6 is 0 Å². The summed E-state index contributed by atoms with van der Waals surface area (Å²) in [6.45, 7) is 4.33. The Bertz CT molecular complexity index is 1220. The van der Waals surface area contributed by atoms with Gasteiger partial charge in [-0.15, -0.1) is 10.2 Å². The standard InChI is InChI=1S/C25H23O2.ClHO4/c1-17(2)25-20(11-8-18-9-13-21(26-3)14-10-18)16-23-22-7-5-4-6-19(22)12-15-24(23)27-25;2-1(3,4)5/h4-17H,1-3H3;(H,2,3,4,5)/q+1;/p-1. The molecule has 4 rings (SSSR count). The molecule has 6 nitrogen and oxygen atoms in total. The van der Waals surface area contributed by atoms with Crippen LogP contribution in [0.2, 0.25) is 0 Å². The highest BCUT2D eigenvalue weighted by atomic mass is 35.7. The van der Waals surface area contributed by atoms with Gasteiger partial charge in [-0.25, -0.2) is 23.1 Å². The van der Waals surface area contributed by atoms with E-state index in [0.29, 0.717) is 5.92 Å². The van der Waals surface area contributed by atoms with E-state index in [1.165, 1.54) is 10.8 Å². The summed E-state index contributed by atoms with van der Waals surface area (Å²) >= 11 is 0. The van der Waals surface area contributed by atoms with E-state index in [0.717, 1.165) is 33.6 Å². The number of halogens is 1. The first kappa shape index (κ1) is 23.7. The summed E-state index contributed by atoms with van der Waals surface area (Å²) in [7, 11) is -3.26. The Kier molecular flexibility index (Phi) is 7.45. The molecule has 0 radical (unpaired) electrons. The van der Waals surface area contributed by atoms with E-state index < -0.39 is 10.2 Å². The summed E-state index contributed by atoms with van der Waals surface area (Å²) in [6.07, 6.45) is 4.26. The molecule has 1 heterocycles. The van der Waals surface area contributed by atoms with Gasteiger partial charge in [-0.1, -0.05) is 56.3 Å². The van der Waals surface area contributed by atoms with Crippen LogP contribution in [0.25, 0.3) is 33.9 Å². The van der Waals surface area contributed by atoms with Gasteiger partial charge in [0.05, 0.1) is 24.0 Å². The zero-order valence-electron chi connectivity index (χ0n) is 17.9. The van der Waals surface area contributed by atoms with E-state index in [4.69, 9.17) is 27.8 Å².